The predicted molar refractivity (Wildman–Crippen MR) is 84.5 cm³/mol. The quantitative estimate of drug-likeness (QED) is 0.514. The lowest BCUT2D eigenvalue weighted by atomic mass is 10.1. The first-order valence-electron chi connectivity index (χ1n) is 6.68. The lowest BCUT2D eigenvalue weighted by Crippen LogP contribution is -2.32. The highest BCUT2D eigenvalue weighted by atomic mass is 16.2. The summed E-state index contributed by atoms with van der Waals surface area (Å²) in [5, 5.41) is 6.28. The van der Waals surface area contributed by atoms with E-state index in [1.165, 1.54) is 6.21 Å². The molecular weight excluding hydrogens is 280 g/mol. The largest absolute Gasteiger partial charge is 0.329 e. The maximum absolute atomic E-state index is 11.8. The Hall–Kier alpha value is -3.02. The van der Waals surface area contributed by atoms with Crippen LogP contribution in [0.5, 0.6) is 0 Å². The molecule has 2 aromatic rings. The Bertz CT molecular complexity index is 711. The average Bonchev–Trinajstić information content (AvgIpc) is 2.52. The minimum Gasteiger partial charge on any atom is -0.317 e. The van der Waals surface area contributed by atoms with Crippen LogP contribution in [0.4, 0.5) is 5.69 Å². The molecule has 0 fully saturated rings. The zero-order valence-corrected chi connectivity index (χ0v) is 12.3. The van der Waals surface area contributed by atoms with E-state index >= 15 is 0 Å². The highest BCUT2D eigenvalue weighted by Gasteiger charge is 2.13. The first-order chi connectivity index (χ1) is 10.6. The fourth-order valence-corrected chi connectivity index (χ4v) is 1.72. The topological polar surface area (TPSA) is 83.5 Å². The van der Waals surface area contributed by atoms with Gasteiger partial charge in [0, 0.05) is 23.6 Å². The molecule has 0 saturated carbocycles. The van der Waals surface area contributed by atoms with Gasteiger partial charge >= 0.3 is 11.8 Å². The second-order valence-corrected chi connectivity index (χ2v) is 4.76. The van der Waals surface area contributed by atoms with Crippen LogP contribution in [0.3, 0.4) is 0 Å². The Morgan fingerprint density at radius 3 is 2.73 bits per heavy atom. The minimum atomic E-state index is -0.832. The number of aryl methyl sites for hydroxylation is 2. The van der Waals surface area contributed by atoms with Crippen molar-refractivity contribution in [3.8, 4) is 0 Å². The first kappa shape index (κ1) is 15.4. The fraction of sp³-hybridized carbons (Fsp3) is 0.125. The van der Waals surface area contributed by atoms with Crippen LogP contribution in [0.15, 0.2) is 47.8 Å². The number of rotatable bonds is 3. The third-order valence-electron chi connectivity index (χ3n) is 2.91. The number of anilines is 1. The van der Waals surface area contributed by atoms with Crippen molar-refractivity contribution in [3.05, 3.63) is 59.4 Å². The number of nitrogens with zero attached hydrogens (tertiary/aromatic N) is 2. The summed E-state index contributed by atoms with van der Waals surface area (Å²) in [6.45, 7) is 3.76. The molecule has 22 heavy (non-hydrogen) atoms. The van der Waals surface area contributed by atoms with Gasteiger partial charge in [-0.25, -0.2) is 5.43 Å². The molecule has 6 heteroatoms. The Morgan fingerprint density at radius 1 is 1.18 bits per heavy atom. The number of amides is 2. The van der Waals surface area contributed by atoms with Gasteiger partial charge in [-0.2, -0.15) is 5.10 Å². The molecule has 1 aromatic carbocycles. The van der Waals surface area contributed by atoms with Crippen LogP contribution in [0, 0.1) is 13.8 Å². The highest BCUT2D eigenvalue weighted by molar-refractivity contribution is 6.39. The summed E-state index contributed by atoms with van der Waals surface area (Å²) >= 11 is 0. The van der Waals surface area contributed by atoms with E-state index in [4.69, 9.17) is 0 Å². The standard InChI is InChI=1S/C16H16N4O2/c1-11-5-6-12(2)14(8-11)19-15(21)16(22)20-18-10-13-4-3-7-17-9-13/h3-10H,1-2H3,(H,19,21)(H,20,22). The SMILES string of the molecule is Cc1ccc(C)c(NC(=O)C(=O)NN=Cc2cccnc2)c1. The van der Waals surface area contributed by atoms with Crippen molar-refractivity contribution in [2.45, 2.75) is 13.8 Å². The van der Waals surface area contributed by atoms with Crippen LogP contribution < -0.4 is 10.7 Å². The normalized spacial score (nSPS) is 10.5. The Labute approximate surface area is 128 Å². The van der Waals surface area contributed by atoms with E-state index in [1.54, 1.807) is 30.6 Å². The van der Waals surface area contributed by atoms with Crippen molar-refractivity contribution in [2.75, 3.05) is 5.32 Å². The molecule has 1 aromatic heterocycles. The number of pyridine rings is 1. The number of hydrazone groups is 1. The van der Waals surface area contributed by atoms with Crippen molar-refractivity contribution in [1.29, 1.82) is 0 Å². The summed E-state index contributed by atoms with van der Waals surface area (Å²) in [7, 11) is 0. The summed E-state index contributed by atoms with van der Waals surface area (Å²) in [5.74, 6) is -1.60. The molecule has 6 nitrogen and oxygen atoms in total. The van der Waals surface area contributed by atoms with Crippen molar-refractivity contribution >= 4 is 23.7 Å². The molecule has 0 spiro atoms. The maximum Gasteiger partial charge on any atom is 0.329 e. The molecule has 0 radical (unpaired) electrons. The number of carbonyl (C=O) groups excluding carboxylic acids is 2. The van der Waals surface area contributed by atoms with Gasteiger partial charge in [0.05, 0.1) is 6.21 Å². The number of hydrogen-bond acceptors (Lipinski definition) is 4. The molecular formula is C16H16N4O2. The van der Waals surface area contributed by atoms with E-state index in [1.807, 2.05) is 26.0 Å². The number of aromatic nitrogens is 1. The van der Waals surface area contributed by atoms with Gasteiger partial charge in [-0.15, -0.1) is 0 Å². The van der Waals surface area contributed by atoms with Crippen LogP contribution in [-0.2, 0) is 9.59 Å². The minimum absolute atomic E-state index is 0.608. The zero-order chi connectivity index (χ0) is 15.9. The van der Waals surface area contributed by atoms with Gasteiger partial charge in [-0.05, 0) is 37.1 Å². The third kappa shape index (κ3) is 4.24. The molecule has 1 heterocycles. The van der Waals surface area contributed by atoms with Gasteiger partial charge in [-0.1, -0.05) is 18.2 Å². The Morgan fingerprint density at radius 2 is 2.00 bits per heavy atom. The highest BCUT2D eigenvalue weighted by Crippen LogP contribution is 2.15. The van der Waals surface area contributed by atoms with E-state index in [2.05, 4.69) is 20.8 Å². The van der Waals surface area contributed by atoms with Gasteiger partial charge in [0.1, 0.15) is 0 Å². The molecule has 2 amide bonds. The van der Waals surface area contributed by atoms with Crippen LogP contribution >= 0.6 is 0 Å². The lowest BCUT2D eigenvalue weighted by Gasteiger charge is -2.08. The lowest BCUT2D eigenvalue weighted by molar-refractivity contribution is -0.136. The van der Waals surface area contributed by atoms with Crippen LogP contribution in [0.2, 0.25) is 0 Å². The van der Waals surface area contributed by atoms with Gasteiger partial charge in [-0.3, -0.25) is 14.6 Å². The van der Waals surface area contributed by atoms with Gasteiger partial charge < -0.3 is 5.32 Å². The molecule has 0 saturated heterocycles. The average molecular weight is 296 g/mol. The third-order valence-corrected chi connectivity index (χ3v) is 2.91. The van der Waals surface area contributed by atoms with Crippen molar-refractivity contribution < 1.29 is 9.59 Å². The summed E-state index contributed by atoms with van der Waals surface area (Å²) in [6.07, 6.45) is 4.63. The molecule has 0 unspecified atom stereocenters. The summed E-state index contributed by atoms with van der Waals surface area (Å²) < 4.78 is 0. The Kier molecular flexibility index (Phi) is 4.98. The van der Waals surface area contributed by atoms with E-state index in [9.17, 15) is 9.59 Å². The first-order valence-corrected chi connectivity index (χ1v) is 6.68. The van der Waals surface area contributed by atoms with Crippen LogP contribution in [0.25, 0.3) is 0 Å². The maximum atomic E-state index is 11.8. The smallest absolute Gasteiger partial charge is 0.317 e. The monoisotopic (exact) mass is 296 g/mol. The van der Waals surface area contributed by atoms with Crippen molar-refractivity contribution in [3.63, 3.8) is 0 Å². The predicted octanol–water partition coefficient (Wildman–Crippen LogP) is 1.79. The van der Waals surface area contributed by atoms with Crippen molar-refractivity contribution in [1.82, 2.24) is 10.4 Å². The molecule has 0 aliphatic heterocycles. The number of carbonyl (C=O) groups is 2. The number of hydrogen-bond donors (Lipinski definition) is 2. The second-order valence-electron chi connectivity index (χ2n) is 4.76. The Balaban J connectivity index is 1.94. The van der Waals surface area contributed by atoms with Crippen LogP contribution in [0.1, 0.15) is 16.7 Å². The van der Waals surface area contributed by atoms with E-state index in [-0.39, 0.29) is 0 Å². The second kappa shape index (κ2) is 7.12. The van der Waals surface area contributed by atoms with E-state index in [0.717, 1.165) is 16.7 Å². The summed E-state index contributed by atoms with van der Waals surface area (Å²) in [5.41, 5.74) is 5.38. The molecule has 2 rings (SSSR count). The molecule has 0 bridgehead atoms. The zero-order valence-electron chi connectivity index (χ0n) is 12.3. The van der Waals surface area contributed by atoms with Gasteiger partial charge in [0.15, 0.2) is 0 Å². The number of nitrogens with one attached hydrogen (secondary N) is 2. The molecule has 2 N–H and O–H groups in total. The summed E-state index contributed by atoms with van der Waals surface area (Å²) in [4.78, 5) is 27.4. The van der Waals surface area contributed by atoms with E-state index in [0.29, 0.717) is 5.69 Å². The van der Waals surface area contributed by atoms with Gasteiger partial charge in [0.25, 0.3) is 0 Å². The molecule has 0 aliphatic carbocycles. The van der Waals surface area contributed by atoms with Crippen LogP contribution in [-0.4, -0.2) is 23.0 Å². The van der Waals surface area contributed by atoms with Crippen molar-refractivity contribution in [2.24, 2.45) is 5.10 Å². The number of benzene rings is 1. The van der Waals surface area contributed by atoms with Gasteiger partial charge in [0.2, 0.25) is 0 Å². The molecule has 112 valence electrons. The molecule has 0 atom stereocenters. The van der Waals surface area contributed by atoms with E-state index < -0.39 is 11.8 Å². The fourth-order valence-electron chi connectivity index (χ4n) is 1.72. The summed E-state index contributed by atoms with van der Waals surface area (Å²) in [6, 6.07) is 9.14. The molecule has 0 aliphatic rings.